The molecule has 1 aromatic carbocycles. The average Bonchev–Trinajstić information content (AvgIpc) is 2.86. The fourth-order valence-corrected chi connectivity index (χ4v) is 6.11. The number of aromatic nitrogens is 2. The zero-order valence-electron chi connectivity index (χ0n) is 17.0. The maximum Gasteiger partial charge on any atom is 0.288 e. The lowest BCUT2D eigenvalue weighted by Gasteiger charge is -2.23. The summed E-state index contributed by atoms with van der Waals surface area (Å²) in [6, 6.07) is 6.25. The van der Waals surface area contributed by atoms with Crippen LogP contribution in [0.25, 0.3) is 0 Å². The topological polar surface area (TPSA) is 75.5 Å². The number of carbonyl (C=O) groups is 1. The molecular weight excluding hydrogens is 434 g/mol. The molecule has 30 heavy (non-hydrogen) atoms. The smallest absolute Gasteiger partial charge is 0.288 e. The van der Waals surface area contributed by atoms with E-state index in [0.29, 0.717) is 36.1 Å². The zero-order valence-corrected chi connectivity index (χ0v) is 18.6. The second-order valence-electron chi connectivity index (χ2n) is 7.05. The Morgan fingerprint density at radius 3 is 2.47 bits per heavy atom. The van der Waals surface area contributed by atoms with Gasteiger partial charge in [-0.1, -0.05) is 23.9 Å². The van der Waals surface area contributed by atoms with Crippen molar-refractivity contribution in [2.24, 2.45) is 7.05 Å². The molecule has 164 valence electrons. The van der Waals surface area contributed by atoms with Crippen molar-refractivity contribution in [1.29, 1.82) is 0 Å². The van der Waals surface area contributed by atoms with Gasteiger partial charge in [-0.25, -0.2) is 8.42 Å². The Hall–Kier alpha value is -1.98. The van der Waals surface area contributed by atoms with E-state index in [-0.39, 0.29) is 40.9 Å². The molecule has 0 unspecified atom stereocenters. The fourth-order valence-electron chi connectivity index (χ4n) is 3.61. The summed E-state index contributed by atoms with van der Waals surface area (Å²) in [5.74, 6) is -3.00. The van der Waals surface area contributed by atoms with Gasteiger partial charge in [0.25, 0.3) is 11.7 Å². The summed E-state index contributed by atoms with van der Waals surface area (Å²) in [5, 5.41) is 4.19. The van der Waals surface area contributed by atoms with Crippen LogP contribution < -0.4 is 0 Å². The van der Waals surface area contributed by atoms with Crippen LogP contribution in [-0.4, -0.2) is 65.2 Å². The summed E-state index contributed by atoms with van der Waals surface area (Å²) in [6.07, 6.45) is 0.452. The molecule has 0 atom stereocenters. The van der Waals surface area contributed by atoms with Crippen LogP contribution in [0.3, 0.4) is 0 Å². The van der Waals surface area contributed by atoms with Crippen LogP contribution >= 0.6 is 11.8 Å². The standard InChI is InChI=1S/C19H24F2N4O3S2/c1-13-17(14(2)23(3)22-13)30(27,28)25-10-6-9-24(11-12-25)18(26)15-7-4-5-8-16(15)29-19(20)21/h4-5,7-8,19H,6,9-12H2,1-3H3. The minimum atomic E-state index is -3.75. The van der Waals surface area contributed by atoms with Crippen LogP contribution in [0.1, 0.15) is 28.2 Å². The van der Waals surface area contributed by atoms with Gasteiger partial charge in [0.05, 0.1) is 17.0 Å². The average molecular weight is 459 g/mol. The number of thioether (sulfide) groups is 1. The van der Waals surface area contributed by atoms with Crippen LogP contribution in [0, 0.1) is 13.8 Å². The third-order valence-electron chi connectivity index (χ3n) is 5.12. The highest BCUT2D eigenvalue weighted by molar-refractivity contribution is 7.99. The summed E-state index contributed by atoms with van der Waals surface area (Å²) < 4.78 is 55.0. The Kier molecular flexibility index (Phi) is 6.83. The molecule has 3 rings (SSSR count). The molecule has 1 fully saturated rings. The van der Waals surface area contributed by atoms with Crippen LogP contribution in [-0.2, 0) is 17.1 Å². The van der Waals surface area contributed by atoms with Crippen LogP contribution in [0.2, 0.25) is 0 Å². The van der Waals surface area contributed by atoms with Crippen molar-refractivity contribution in [3.05, 3.63) is 41.2 Å². The van der Waals surface area contributed by atoms with E-state index < -0.39 is 15.8 Å². The maximum atomic E-state index is 13.2. The molecule has 1 aliphatic rings. The van der Waals surface area contributed by atoms with Crippen molar-refractivity contribution in [2.45, 2.75) is 35.8 Å². The molecular formula is C19H24F2N4O3S2. The van der Waals surface area contributed by atoms with E-state index in [1.807, 2.05) is 0 Å². The van der Waals surface area contributed by atoms with Crippen molar-refractivity contribution in [2.75, 3.05) is 26.2 Å². The Morgan fingerprint density at radius 2 is 1.83 bits per heavy atom. The van der Waals surface area contributed by atoms with Gasteiger partial charge in [0.2, 0.25) is 10.0 Å². The molecule has 0 spiro atoms. The number of hydrogen-bond acceptors (Lipinski definition) is 5. The van der Waals surface area contributed by atoms with Gasteiger partial charge < -0.3 is 4.90 Å². The van der Waals surface area contributed by atoms with E-state index in [2.05, 4.69) is 5.10 Å². The minimum Gasteiger partial charge on any atom is -0.337 e. The molecule has 7 nitrogen and oxygen atoms in total. The lowest BCUT2D eigenvalue weighted by molar-refractivity contribution is 0.0760. The number of carbonyl (C=O) groups excluding carboxylic acids is 1. The summed E-state index contributed by atoms with van der Waals surface area (Å²) in [6.45, 7) is 4.30. The molecule has 0 saturated carbocycles. The zero-order chi connectivity index (χ0) is 22.1. The number of rotatable bonds is 5. The minimum absolute atomic E-state index is 0.131. The quantitative estimate of drug-likeness (QED) is 0.644. The van der Waals surface area contributed by atoms with Gasteiger partial charge in [-0.15, -0.1) is 0 Å². The number of sulfonamides is 1. The van der Waals surface area contributed by atoms with Gasteiger partial charge >= 0.3 is 0 Å². The number of aryl methyl sites for hydroxylation is 2. The molecule has 1 saturated heterocycles. The SMILES string of the molecule is Cc1nn(C)c(C)c1S(=O)(=O)N1CCCN(C(=O)c2ccccc2SC(F)F)CC1. The molecule has 0 N–H and O–H groups in total. The predicted octanol–water partition coefficient (Wildman–Crippen LogP) is 2.89. The lowest BCUT2D eigenvalue weighted by Crippen LogP contribution is -2.37. The van der Waals surface area contributed by atoms with Crippen molar-refractivity contribution in [1.82, 2.24) is 19.0 Å². The molecule has 0 radical (unpaired) electrons. The van der Waals surface area contributed by atoms with Crippen molar-refractivity contribution in [3.63, 3.8) is 0 Å². The fraction of sp³-hybridized carbons (Fsp3) is 0.474. The van der Waals surface area contributed by atoms with Gasteiger partial charge in [-0.2, -0.15) is 18.2 Å². The third kappa shape index (κ3) is 4.52. The van der Waals surface area contributed by atoms with E-state index in [0.717, 1.165) is 0 Å². The number of nitrogens with zero attached hydrogens (tertiary/aromatic N) is 4. The molecule has 11 heteroatoms. The normalized spacial score (nSPS) is 16.1. The largest absolute Gasteiger partial charge is 0.337 e. The highest BCUT2D eigenvalue weighted by Crippen LogP contribution is 2.30. The second kappa shape index (κ2) is 9.03. The predicted molar refractivity (Wildman–Crippen MR) is 110 cm³/mol. The van der Waals surface area contributed by atoms with Crippen molar-refractivity contribution in [3.8, 4) is 0 Å². The molecule has 0 aliphatic carbocycles. The third-order valence-corrected chi connectivity index (χ3v) is 8.06. The highest BCUT2D eigenvalue weighted by atomic mass is 32.2. The molecule has 2 aromatic rings. The molecule has 1 aromatic heterocycles. The first-order valence-corrected chi connectivity index (χ1v) is 11.8. The highest BCUT2D eigenvalue weighted by Gasteiger charge is 2.33. The van der Waals surface area contributed by atoms with E-state index in [4.69, 9.17) is 0 Å². The molecule has 0 bridgehead atoms. The number of alkyl halides is 2. The van der Waals surface area contributed by atoms with Gasteiger partial charge in [0.15, 0.2) is 0 Å². The summed E-state index contributed by atoms with van der Waals surface area (Å²) >= 11 is 0.334. The first-order valence-electron chi connectivity index (χ1n) is 9.46. The van der Waals surface area contributed by atoms with E-state index in [9.17, 15) is 22.0 Å². The van der Waals surface area contributed by atoms with Gasteiger partial charge in [-0.05, 0) is 32.4 Å². The Bertz CT molecular complexity index is 1040. The van der Waals surface area contributed by atoms with Gasteiger partial charge in [0.1, 0.15) is 4.90 Å². The molecule has 1 amide bonds. The number of benzene rings is 1. The second-order valence-corrected chi connectivity index (χ2v) is 9.95. The lowest BCUT2D eigenvalue weighted by atomic mass is 10.2. The summed E-state index contributed by atoms with van der Waals surface area (Å²) in [5.41, 5.74) is 1.20. The first kappa shape index (κ1) is 22.7. The Balaban J connectivity index is 1.79. The summed E-state index contributed by atoms with van der Waals surface area (Å²) in [7, 11) is -2.06. The Morgan fingerprint density at radius 1 is 1.13 bits per heavy atom. The van der Waals surface area contributed by atoms with E-state index in [1.165, 1.54) is 26.0 Å². The van der Waals surface area contributed by atoms with E-state index >= 15 is 0 Å². The van der Waals surface area contributed by atoms with Crippen LogP contribution in [0.4, 0.5) is 8.78 Å². The van der Waals surface area contributed by atoms with Crippen LogP contribution in [0.5, 0.6) is 0 Å². The van der Waals surface area contributed by atoms with E-state index in [1.54, 1.807) is 33.0 Å². The number of hydrogen-bond donors (Lipinski definition) is 0. The van der Waals surface area contributed by atoms with Gasteiger partial charge in [-0.3, -0.25) is 9.48 Å². The van der Waals surface area contributed by atoms with Crippen molar-refractivity contribution >= 4 is 27.7 Å². The molecule has 1 aliphatic heterocycles. The molecule has 2 heterocycles. The van der Waals surface area contributed by atoms with Gasteiger partial charge in [0, 0.05) is 38.1 Å². The maximum absolute atomic E-state index is 13.2. The van der Waals surface area contributed by atoms with Crippen LogP contribution in [0.15, 0.2) is 34.1 Å². The number of amides is 1. The Labute approximate surface area is 179 Å². The first-order chi connectivity index (χ1) is 14.1. The monoisotopic (exact) mass is 458 g/mol. The van der Waals surface area contributed by atoms with Crippen molar-refractivity contribution < 1.29 is 22.0 Å². The summed E-state index contributed by atoms with van der Waals surface area (Å²) in [4.78, 5) is 14.9. The number of halogens is 2.